The molecule has 13 heteroatoms. The summed E-state index contributed by atoms with van der Waals surface area (Å²) in [4.78, 5) is 38.8. The first kappa shape index (κ1) is 62.8. The Morgan fingerprint density at radius 2 is 1.01 bits per heavy atom. The molecule has 2 saturated heterocycles. The van der Waals surface area contributed by atoms with Gasteiger partial charge in [-0.2, -0.15) is 0 Å². The minimum Gasteiger partial charge on any atom is -0.390 e. The molecule has 2 heterocycles. The van der Waals surface area contributed by atoms with Gasteiger partial charge in [0.15, 0.2) is 6.29 Å². The summed E-state index contributed by atoms with van der Waals surface area (Å²) in [5.74, 6) is -0.867. The van der Waals surface area contributed by atoms with Crippen LogP contribution < -0.4 is 5.32 Å². The first-order chi connectivity index (χ1) is 33.0. The summed E-state index contributed by atoms with van der Waals surface area (Å²) in [6.07, 6.45) is 35.0. The third-order valence-electron chi connectivity index (χ3n) is 14.4. The Kier molecular flexibility index (Phi) is 38.0. The Bertz CT molecular complexity index is 1250. The predicted molar refractivity (Wildman–Crippen MR) is 277 cm³/mol. The number of carbonyl (C=O) groups is 3. The van der Waals surface area contributed by atoms with Crippen LogP contribution in [0.2, 0.25) is 0 Å². The van der Waals surface area contributed by atoms with E-state index in [0.29, 0.717) is 12.8 Å². The molecule has 0 aromatic heterocycles. The zero-order valence-electron chi connectivity index (χ0n) is 43.6. The number of rotatable bonds is 46. The molecule has 0 aromatic carbocycles. The average molecular weight is 986 g/mol. The highest BCUT2D eigenvalue weighted by atomic mass is 32.2. The van der Waals surface area contributed by atoms with Crippen molar-refractivity contribution in [2.75, 3.05) is 19.4 Å². The molecule has 0 radical (unpaired) electrons. The highest BCUT2D eigenvalue weighted by Crippen LogP contribution is 2.30. The number of aliphatic hydroxyl groups excluding tert-OH is 5. The van der Waals surface area contributed by atoms with Gasteiger partial charge in [-0.25, -0.2) is 0 Å². The number of nitrogens with zero attached hydrogens (tertiary/aromatic N) is 1. The maximum absolute atomic E-state index is 13.2. The number of aliphatic hydroxyl groups is 5. The molecular weight excluding hydrogens is 881 g/mol. The van der Waals surface area contributed by atoms with Crippen LogP contribution in [0.3, 0.4) is 0 Å². The lowest BCUT2D eigenvalue weighted by molar-refractivity contribution is -0.294. The van der Waals surface area contributed by atoms with Gasteiger partial charge in [-0.05, 0) is 12.8 Å². The highest BCUT2D eigenvalue weighted by Gasteiger charge is 2.46. The van der Waals surface area contributed by atoms with Crippen molar-refractivity contribution in [3.8, 4) is 0 Å². The number of likely N-dealkylation sites (tertiary alicyclic amines) is 1. The molecule has 0 saturated carbocycles. The van der Waals surface area contributed by atoms with Crippen LogP contribution in [0.4, 0.5) is 0 Å². The monoisotopic (exact) mass is 985 g/mol. The zero-order chi connectivity index (χ0) is 49.6. The fraction of sp³-hybridized carbons (Fsp3) is 0.945. The second-order valence-electron chi connectivity index (χ2n) is 20.6. The van der Waals surface area contributed by atoms with E-state index < -0.39 is 54.2 Å². The van der Waals surface area contributed by atoms with Gasteiger partial charge in [0.1, 0.15) is 24.4 Å². The van der Waals surface area contributed by atoms with E-state index in [1.54, 1.807) is 0 Å². The topological polar surface area (TPSA) is 186 Å². The number of hydrogen-bond acceptors (Lipinski definition) is 11. The number of hydrogen-bond donors (Lipinski definition) is 6. The number of carbonyl (C=O) groups excluding carboxylic acids is 3. The van der Waals surface area contributed by atoms with Gasteiger partial charge < -0.3 is 40.3 Å². The van der Waals surface area contributed by atoms with E-state index in [1.165, 1.54) is 180 Å². The minimum absolute atomic E-state index is 0.0222. The Labute approximate surface area is 419 Å². The van der Waals surface area contributed by atoms with Gasteiger partial charge >= 0.3 is 0 Å². The summed E-state index contributed by atoms with van der Waals surface area (Å²) in [5.41, 5.74) is 0. The summed E-state index contributed by atoms with van der Waals surface area (Å²) in [6.45, 7) is 4.19. The largest absolute Gasteiger partial charge is 0.390 e. The van der Waals surface area contributed by atoms with E-state index in [2.05, 4.69) is 19.2 Å². The lowest BCUT2D eigenvalue weighted by Crippen LogP contribution is -2.60. The summed E-state index contributed by atoms with van der Waals surface area (Å²) < 4.78 is 11.8. The molecule has 3 amide bonds. The fourth-order valence-electron chi connectivity index (χ4n) is 9.66. The summed E-state index contributed by atoms with van der Waals surface area (Å²) in [5, 5.41) is 56.9. The third kappa shape index (κ3) is 28.7. The van der Waals surface area contributed by atoms with Gasteiger partial charge in [0.05, 0.1) is 30.1 Å². The number of thioether (sulfide) groups is 1. The Morgan fingerprint density at radius 1 is 0.618 bits per heavy atom. The number of amides is 3. The molecule has 2 aliphatic rings. The van der Waals surface area contributed by atoms with Crippen LogP contribution in [-0.2, 0) is 23.9 Å². The van der Waals surface area contributed by atoms with Crippen LogP contribution in [-0.4, -0.2) is 122 Å². The maximum Gasteiger partial charge on any atom is 0.242 e. The van der Waals surface area contributed by atoms with E-state index in [1.807, 2.05) is 0 Å². The van der Waals surface area contributed by atoms with Crippen molar-refractivity contribution in [1.82, 2.24) is 10.2 Å². The average Bonchev–Trinajstić information content (AvgIpc) is 3.58. The molecule has 0 aliphatic carbocycles. The number of ether oxygens (including phenoxy) is 2. The van der Waals surface area contributed by atoms with Gasteiger partial charge in [-0.15, -0.1) is 11.8 Å². The van der Waals surface area contributed by atoms with Gasteiger partial charge in [0, 0.05) is 25.6 Å². The van der Waals surface area contributed by atoms with E-state index in [-0.39, 0.29) is 42.9 Å². The first-order valence-electron chi connectivity index (χ1n) is 28.4. The van der Waals surface area contributed by atoms with Crippen LogP contribution in [0, 0.1) is 0 Å². The lowest BCUT2D eigenvalue weighted by atomic mass is 9.98. The Hall–Kier alpha value is -1.32. The Morgan fingerprint density at radius 3 is 1.41 bits per heavy atom. The normalized spacial score (nSPS) is 22.3. The van der Waals surface area contributed by atoms with Gasteiger partial charge in [0.25, 0.3) is 0 Å². The lowest BCUT2D eigenvalue weighted by Gasteiger charge is -2.41. The third-order valence-corrected chi connectivity index (χ3v) is 15.7. The van der Waals surface area contributed by atoms with Crippen LogP contribution in [0.1, 0.15) is 258 Å². The molecule has 2 rings (SSSR count). The quantitative estimate of drug-likeness (QED) is 0.0252. The molecule has 6 N–H and O–H groups in total. The number of unbranched alkanes of at least 4 members (excludes halogenated alkanes) is 33. The van der Waals surface area contributed by atoms with Crippen molar-refractivity contribution in [1.29, 1.82) is 0 Å². The predicted octanol–water partition coefficient (Wildman–Crippen LogP) is 11.0. The molecule has 9 atom stereocenters. The van der Waals surface area contributed by atoms with Gasteiger partial charge in [0.2, 0.25) is 17.7 Å². The molecule has 2 aliphatic heterocycles. The SMILES string of the molecule is CCCCCCCCCCCCCCCCCCCCCCCCCC(=O)N[C@@H](CO[C@H]1O[C@H](CSC2CC(=O)N(C)C2=O)[C@H](O)[C@H](O)[C@H]1O)[C@H](O)[C@H](O)CCCCCCCCCCCCCC. The van der Waals surface area contributed by atoms with Crippen LogP contribution in [0.5, 0.6) is 0 Å². The van der Waals surface area contributed by atoms with E-state index in [9.17, 15) is 39.9 Å². The van der Waals surface area contributed by atoms with Crippen molar-refractivity contribution >= 4 is 29.5 Å². The van der Waals surface area contributed by atoms with Crippen molar-refractivity contribution in [3.63, 3.8) is 0 Å². The van der Waals surface area contributed by atoms with Gasteiger partial charge in [-0.3, -0.25) is 19.3 Å². The molecule has 400 valence electrons. The summed E-state index contributed by atoms with van der Waals surface area (Å²) in [7, 11) is 1.42. The smallest absolute Gasteiger partial charge is 0.242 e. The van der Waals surface area contributed by atoms with Crippen molar-refractivity contribution in [3.05, 3.63) is 0 Å². The van der Waals surface area contributed by atoms with Crippen LogP contribution >= 0.6 is 11.8 Å². The molecule has 68 heavy (non-hydrogen) atoms. The van der Waals surface area contributed by atoms with E-state index >= 15 is 0 Å². The first-order valence-corrected chi connectivity index (χ1v) is 29.4. The molecule has 1 unspecified atom stereocenters. The van der Waals surface area contributed by atoms with Crippen molar-refractivity contribution < 1.29 is 49.4 Å². The Balaban J connectivity index is 1.70. The second kappa shape index (κ2) is 41.2. The summed E-state index contributed by atoms with van der Waals surface area (Å²) in [6, 6.07) is -1.02. The number of imide groups is 1. The molecule has 0 aromatic rings. The standard InChI is InChI=1S/C55H104N2O10S/c1-4-6-8-10-12-14-16-18-19-20-21-22-23-24-25-26-27-28-30-32-34-36-38-40-48(59)56-44(50(61)45(58)39-37-35-33-31-29-17-15-13-11-9-7-5-2)42-66-55-53(64)52(63)51(62)46(67-55)43-68-47-41-49(60)57(3)54(47)65/h44-47,50-53,55,58,61-64H,4-43H2,1-3H3,(H,56,59)/t44-,45+,46+,47?,50-,51-,52-,53+,55-/m0/s1. The molecule has 0 bridgehead atoms. The van der Waals surface area contributed by atoms with Crippen LogP contribution in [0.25, 0.3) is 0 Å². The highest BCUT2D eigenvalue weighted by molar-refractivity contribution is 8.00. The number of nitrogens with one attached hydrogen (secondary N) is 1. The molecule has 12 nitrogen and oxygen atoms in total. The van der Waals surface area contributed by atoms with E-state index in [0.717, 1.165) is 61.6 Å². The van der Waals surface area contributed by atoms with Crippen molar-refractivity contribution in [2.45, 2.75) is 312 Å². The van der Waals surface area contributed by atoms with E-state index in [4.69, 9.17) is 9.47 Å². The van der Waals surface area contributed by atoms with Crippen molar-refractivity contribution in [2.24, 2.45) is 0 Å². The molecule has 0 spiro atoms. The maximum atomic E-state index is 13.2. The van der Waals surface area contributed by atoms with Gasteiger partial charge in [-0.1, -0.05) is 232 Å². The molecule has 2 fully saturated rings. The molecular formula is C55H104N2O10S. The fourth-order valence-corrected chi connectivity index (χ4v) is 10.9. The van der Waals surface area contributed by atoms with Crippen LogP contribution in [0.15, 0.2) is 0 Å². The summed E-state index contributed by atoms with van der Waals surface area (Å²) >= 11 is 1.12. The zero-order valence-corrected chi connectivity index (χ0v) is 44.4. The second-order valence-corrected chi connectivity index (χ2v) is 21.8. The minimum atomic E-state index is -1.64.